The highest BCUT2D eigenvalue weighted by atomic mass is 35.5. The van der Waals surface area contributed by atoms with Gasteiger partial charge in [0.05, 0.1) is 53.3 Å². The molecule has 0 saturated carbocycles. The van der Waals surface area contributed by atoms with Crippen molar-refractivity contribution >= 4 is 55.4 Å². The molecule has 3 aromatic carbocycles. The highest BCUT2D eigenvalue weighted by Gasteiger charge is 2.34. The summed E-state index contributed by atoms with van der Waals surface area (Å²) < 4.78 is 83.8. The van der Waals surface area contributed by atoms with Crippen LogP contribution in [0.25, 0.3) is 0 Å². The summed E-state index contributed by atoms with van der Waals surface area (Å²) in [5, 5.41) is 0.102. The first-order valence-electron chi connectivity index (χ1n) is 12.4. The zero-order valence-corrected chi connectivity index (χ0v) is 25.0. The minimum atomic E-state index is -4.53. The van der Waals surface area contributed by atoms with Crippen LogP contribution in [0.3, 0.4) is 0 Å². The van der Waals surface area contributed by atoms with E-state index in [0.29, 0.717) is 47.2 Å². The Balaban J connectivity index is 1.54. The molecule has 1 aliphatic heterocycles. The zero-order chi connectivity index (χ0) is 30.2. The number of anilines is 4. The normalized spacial score (nSPS) is 13.6. The van der Waals surface area contributed by atoms with Crippen LogP contribution in [0.1, 0.15) is 11.1 Å². The second kappa shape index (κ2) is 11.5. The first-order valence-corrected chi connectivity index (χ1v) is 15.0. The van der Waals surface area contributed by atoms with Crippen LogP contribution >= 0.6 is 23.1 Å². The quantitative estimate of drug-likeness (QED) is 0.225. The number of rotatable bonds is 8. The van der Waals surface area contributed by atoms with E-state index in [1.165, 1.54) is 38.7 Å². The number of hydrogen-bond acceptors (Lipinski definition) is 9. The molecular formula is C27H25ClF3N5O4S2. The van der Waals surface area contributed by atoms with Crippen LogP contribution in [0.15, 0.2) is 65.8 Å². The van der Waals surface area contributed by atoms with Crippen molar-refractivity contribution in [1.29, 1.82) is 0 Å². The molecule has 0 aliphatic carbocycles. The number of nitrogens with zero attached hydrogens (tertiary/aromatic N) is 5. The van der Waals surface area contributed by atoms with Crippen molar-refractivity contribution in [2.45, 2.75) is 17.6 Å². The summed E-state index contributed by atoms with van der Waals surface area (Å²) in [4.78, 5) is 7.81. The average molecular weight is 640 g/mol. The molecular weight excluding hydrogens is 615 g/mol. The number of methoxy groups -OCH3 is 2. The Kier molecular flexibility index (Phi) is 8.14. The number of likely N-dealkylation sites (N-methyl/N-ethyl adjacent to an activating group) is 1. The van der Waals surface area contributed by atoms with Gasteiger partial charge < -0.3 is 19.3 Å². The number of sulfonamides is 1. The molecule has 0 radical (unpaired) electrons. The van der Waals surface area contributed by atoms with Crippen LogP contribution < -0.4 is 23.6 Å². The number of alkyl halides is 3. The Morgan fingerprint density at radius 3 is 2.40 bits per heavy atom. The Bertz CT molecular complexity index is 1700. The fraction of sp³-hybridized carbons (Fsp3) is 0.259. The van der Waals surface area contributed by atoms with Gasteiger partial charge >= 0.3 is 6.18 Å². The second-order valence-electron chi connectivity index (χ2n) is 9.30. The van der Waals surface area contributed by atoms with Crippen LogP contribution in [-0.2, 0) is 22.7 Å². The molecule has 1 aromatic heterocycles. The van der Waals surface area contributed by atoms with Crippen LogP contribution in [0, 0.1) is 0 Å². The standard InChI is InChI=1S/C27H25ClF3N5O4S2/c1-34-10-11-35(22-8-5-18(12-21(22)28)27(29,30)31)23-9-7-20(14-24(23)34)42(37,38)36(26-32-16-33-41-26)15-17-4-6-19(39-2)13-25(17)40-3/h4-9,12-14,16H,10-11,15H2,1-3H3. The summed E-state index contributed by atoms with van der Waals surface area (Å²) in [5.41, 5.74) is 1.28. The lowest BCUT2D eigenvalue weighted by Crippen LogP contribution is -2.37. The van der Waals surface area contributed by atoms with E-state index in [2.05, 4.69) is 9.36 Å². The molecule has 4 aromatic rings. The summed E-state index contributed by atoms with van der Waals surface area (Å²) in [7, 11) is 0.640. The van der Waals surface area contributed by atoms with E-state index in [1.807, 2.05) is 11.9 Å². The summed E-state index contributed by atoms with van der Waals surface area (Å²) in [6.45, 7) is 0.802. The first-order chi connectivity index (χ1) is 19.9. The van der Waals surface area contributed by atoms with E-state index in [1.54, 1.807) is 29.2 Å². The molecule has 42 heavy (non-hydrogen) atoms. The van der Waals surface area contributed by atoms with Crippen molar-refractivity contribution in [2.24, 2.45) is 0 Å². The summed E-state index contributed by atoms with van der Waals surface area (Å²) >= 11 is 7.24. The maximum Gasteiger partial charge on any atom is 0.416 e. The minimum absolute atomic E-state index is 0.00357. The van der Waals surface area contributed by atoms with Gasteiger partial charge in [0.1, 0.15) is 17.8 Å². The van der Waals surface area contributed by atoms with E-state index in [9.17, 15) is 21.6 Å². The largest absolute Gasteiger partial charge is 0.497 e. The molecule has 0 amide bonds. The molecule has 1 aliphatic rings. The minimum Gasteiger partial charge on any atom is -0.497 e. The van der Waals surface area contributed by atoms with Crippen molar-refractivity contribution in [2.75, 3.05) is 48.5 Å². The Morgan fingerprint density at radius 1 is 1.00 bits per heavy atom. The SMILES string of the molecule is COc1ccc(CN(c2ncns2)S(=O)(=O)c2ccc3c(c2)N(C)CCN3c2ccc(C(F)(F)F)cc2Cl)c(OC)c1. The predicted molar refractivity (Wildman–Crippen MR) is 156 cm³/mol. The van der Waals surface area contributed by atoms with E-state index in [0.717, 1.165) is 28.0 Å². The Labute approximate surface area is 249 Å². The second-order valence-corrected chi connectivity index (χ2v) is 12.3. The van der Waals surface area contributed by atoms with E-state index < -0.39 is 21.8 Å². The molecule has 2 heterocycles. The van der Waals surface area contributed by atoms with Gasteiger partial charge in [0.15, 0.2) is 0 Å². The van der Waals surface area contributed by atoms with Gasteiger partial charge in [0.25, 0.3) is 10.0 Å². The van der Waals surface area contributed by atoms with Crippen molar-refractivity contribution in [3.05, 3.63) is 77.1 Å². The third-order valence-corrected chi connectivity index (χ3v) is 9.67. The lowest BCUT2D eigenvalue weighted by molar-refractivity contribution is -0.137. The van der Waals surface area contributed by atoms with Crippen LogP contribution in [0.4, 0.5) is 35.4 Å². The average Bonchev–Trinajstić information content (AvgIpc) is 3.50. The topological polar surface area (TPSA) is 88.1 Å². The first kappa shape index (κ1) is 29.7. The van der Waals surface area contributed by atoms with Gasteiger partial charge in [-0.25, -0.2) is 17.7 Å². The number of halogens is 4. The molecule has 9 nitrogen and oxygen atoms in total. The summed E-state index contributed by atoms with van der Waals surface area (Å²) in [6, 6.07) is 12.9. The smallest absolute Gasteiger partial charge is 0.416 e. The number of ether oxygens (including phenoxy) is 2. The Morgan fingerprint density at radius 2 is 1.76 bits per heavy atom. The van der Waals surface area contributed by atoms with Gasteiger partial charge in [-0.15, -0.1) is 0 Å². The highest BCUT2D eigenvalue weighted by molar-refractivity contribution is 7.93. The monoisotopic (exact) mass is 639 g/mol. The third kappa shape index (κ3) is 5.65. The summed E-state index contributed by atoms with van der Waals surface area (Å²) in [5.74, 6) is 0.990. The highest BCUT2D eigenvalue weighted by Crippen LogP contribution is 2.43. The van der Waals surface area contributed by atoms with Crippen LogP contribution in [-0.4, -0.2) is 52.1 Å². The van der Waals surface area contributed by atoms with Crippen molar-refractivity contribution < 1.29 is 31.1 Å². The van der Waals surface area contributed by atoms with Crippen LogP contribution in [0.2, 0.25) is 5.02 Å². The number of hydrogen-bond donors (Lipinski definition) is 0. The predicted octanol–water partition coefficient (Wildman–Crippen LogP) is 6.21. The molecule has 222 valence electrons. The van der Waals surface area contributed by atoms with Gasteiger partial charge in [-0.1, -0.05) is 11.6 Å². The Hall–Kier alpha value is -3.75. The zero-order valence-electron chi connectivity index (χ0n) is 22.6. The summed E-state index contributed by atoms with van der Waals surface area (Å²) in [6.07, 6.45) is -3.25. The fourth-order valence-electron chi connectivity index (χ4n) is 4.64. The molecule has 0 bridgehead atoms. The van der Waals surface area contributed by atoms with Gasteiger partial charge in [-0.05, 0) is 48.5 Å². The van der Waals surface area contributed by atoms with Gasteiger partial charge in [-0.2, -0.15) is 17.5 Å². The molecule has 15 heteroatoms. The number of aromatic nitrogens is 2. The molecule has 0 unspecified atom stereocenters. The molecule has 0 saturated heterocycles. The van der Waals surface area contributed by atoms with Crippen molar-refractivity contribution in [3.8, 4) is 11.5 Å². The van der Waals surface area contributed by atoms with Gasteiger partial charge in [-0.3, -0.25) is 0 Å². The maximum atomic E-state index is 14.1. The molecule has 0 fully saturated rings. The van der Waals surface area contributed by atoms with E-state index in [-0.39, 0.29) is 21.6 Å². The van der Waals surface area contributed by atoms with Gasteiger partial charge in [0, 0.05) is 43.3 Å². The van der Waals surface area contributed by atoms with Gasteiger partial charge in [0.2, 0.25) is 5.13 Å². The molecule has 0 N–H and O–H groups in total. The number of fused-ring (bicyclic) bond motifs is 1. The third-order valence-electron chi connectivity index (χ3n) is 6.83. The lowest BCUT2D eigenvalue weighted by Gasteiger charge is -2.38. The van der Waals surface area contributed by atoms with Crippen molar-refractivity contribution in [1.82, 2.24) is 9.36 Å². The fourth-order valence-corrected chi connectivity index (χ4v) is 7.07. The number of benzene rings is 3. The lowest BCUT2D eigenvalue weighted by atomic mass is 10.1. The van der Waals surface area contributed by atoms with Crippen molar-refractivity contribution in [3.63, 3.8) is 0 Å². The van der Waals surface area contributed by atoms with E-state index >= 15 is 0 Å². The molecule has 0 atom stereocenters. The van der Waals surface area contributed by atoms with E-state index in [4.69, 9.17) is 21.1 Å². The molecule has 5 rings (SSSR count). The maximum absolute atomic E-state index is 14.1. The van der Waals surface area contributed by atoms with Crippen LogP contribution in [0.5, 0.6) is 11.5 Å². The molecule has 0 spiro atoms.